The van der Waals surface area contributed by atoms with E-state index in [2.05, 4.69) is 50.4 Å². The van der Waals surface area contributed by atoms with Gasteiger partial charge in [-0.2, -0.15) is 0 Å². The molecule has 0 bridgehead atoms. The number of carbonyl (C=O) groups excluding carboxylic acids is 2. The van der Waals surface area contributed by atoms with Gasteiger partial charge in [-0.25, -0.2) is 13.8 Å². The number of halogens is 2. The predicted molar refractivity (Wildman–Crippen MR) is 159 cm³/mol. The Kier molecular flexibility index (Phi) is 7.82. The molecule has 0 fully saturated rings. The summed E-state index contributed by atoms with van der Waals surface area (Å²) in [5, 5.41) is 5.36. The summed E-state index contributed by atoms with van der Waals surface area (Å²) in [5.74, 6) is -2.43. The number of imidazole rings is 1. The molecule has 0 radical (unpaired) electrons. The zero-order valence-corrected chi connectivity index (χ0v) is 23.8. The summed E-state index contributed by atoms with van der Waals surface area (Å²) >= 11 is 1.74. The minimum atomic E-state index is -0.844. The first kappa shape index (κ1) is 27.7. The Labute approximate surface area is 245 Å². The molecule has 3 heterocycles. The average molecular weight is 586 g/mol. The van der Waals surface area contributed by atoms with E-state index in [1.54, 1.807) is 30.4 Å². The molecule has 2 N–H and O–H groups in total. The fraction of sp³-hybridized carbons (Fsp3) is 0.219. The van der Waals surface area contributed by atoms with E-state index in [0.29, 0.717) is 5.69 Å². The summed E-state index contributed by atoms with van der Waals surface area (Å²) < 4.78 is 29.0. The van der Waals surface area contributed by atoms with E-state index in [-0.39, 0.29) is 12.0 Å². The van der Waals surface area contributed by atoms with Crippen LogP contribution in [0.25, 0.3) is 16.2 Å². The SMILES string of the molecule is C[C@@H](NC(=O)Cc1cc(F)cc(F)c1)C(=O)Nc1ccc(-c2cn3c4c(sc3n2)CCN(Cc2ccccc2)C4)cc1. The molecule has 1 atom stereocenters. The molecule has 5 aromatic rings. The van der Waals surface area contributed by atoms with Gasteiger partial charge in [0.25, 0.3) is 0 Å². The number of nitrogens with zero attached hydrogens (tertiary/aromatic N) is 3. The minimum Gasteiger partial charge on any atom is -0.344 e. The highest BCUT2D eigenvalue weighted by atomic mass is 32.1. The van der Waals surface area contributed by atoms with E-state index >= 15 is 0 Å². The Morgan fingerprint density at radius 2 is 1.74 bits per heavy atom. The van der Waals surface area contributed by atoms with Gasteiger partial charge >= 0.3 is 0 Å². The third kappa shape index (κ3) is 6.24. The van der Waals surface area contributed by atoms with Crippen molar-refractivity contribution in [2.45, 2.75) is 38.9 Å². The van der Waals surface area contributed by atoms with Gasteiger partial charge in [-0.3, -0.25) is 18.9 Å². The largest absolute Gasteiger partial charge is 0.344 e. The lowest BCUT2D eigenvalue weighted by atomic mass is 10.1. The van der Waals surface area contributed by atoms with Crippen molar-refractivity contribution >= 4 is 33.8 Å². The van der Waals surface area contributed by atoms with E-state index in [4.69, 9.17) is 4.98 Å². The topological polar surface area (TPSA) is 78.7 Å². The number of thiazole rings is 1. The van der Waals surface area contributed by atoms with Crippen molar-refractivity contribution in [3.63, 3.8) is 0 Å². The van der Waals surface area contributed by atoms with Crippen molar-refractivity contribution in [3.8, 4) is 11.3 Å². The highest BCUT2D eigenvalue weighted by Crippen LogP contribution is 2.32. The van der Waals surface area contributed by atoms with Crippen LogP contribution in [-0.2, 0) is 35.5 Å². The van der Waals surface area contributed by atoms with Crippen LogP contribution < -0.4 is 10.6 Å². The third-order valence-electron chi connectivity index (χ3n) is 7.28. The first-order chi connectivity index (χ1) is 20.3. The number of carbonyl (C=O) groups is 2. The maximum atomic E-state index is 13.4. The lowest BCUT2D eigenvalue weighted by molar-refractivity contribution is -0.125. The molecule has 6 rings (SSSR count). The lowest BCUT2D eigenvalue weighted by Gasteiger charge is -2.26. The van der Waals surface area contributed by atoms with Crippen molar-refractivity contribution in [1.29, 1.82) is 0 Å². The number of aromatic nitrogens is 2. The Morgan fingerprint density at radius 3 is 2.48 bits per heavy atom. The number of fused-ring (bicyclic) bond motifs is 3. The molecule has 0 spiro atoms. The van der Waals surface area contributed by atoms with Gasteiger partial charge in [0.2, 0.25) is 11.8 Å². The molecule has 214 valence electrons. The van der Waals surface area contributed by atoms with Crippen molar-refractivity contribution in [3.05, 3.63) is 112 Å². The molecule has 1 aliphatic rings. The number of hydrogen-bond donors (Lipinski definition) is 2. The van der Waals surface area contributed by atoms with Crippen LogP contribution in [0.2, 0.25) is 0 Å². The quantitative estimate of drug-likeness (QED) is 0.249. The van der Waals surface area contributed by atoms with Crippen LogP contribution in [0.15, 0.2) is 79.0 Å². The Hall–Kier alpha value is -4.41. The number of rotatable bonds is 8. The zero-order chi connectivity index (χ0) is 29.2. The monoisotopic (exact) mass is 585 g/mol. The van der Waals surface area contributed by atoms with Crippen LogP contribution in [0.1, 0.15) is 28.6 Å². The maximum Gasteiger partial charge on any atom is 0.246 e. The fourth-order valence-corrected chi connectivity index (χ4v) is 6.29. The standard InChI is InChI=1S/C32H29F2N5O2S/c1-20(35-30(40)15-22-13-24(33)16-25(34)14-22)31(41)36-26-9-7-23(8-10-26)27-18-39-28-19-38(17-21-5-3-2-4-6-21)12-11-29(28)42-32(39)37-27/h2-10,13-14,16,18,20H,11-12,15,17,19H2,1H3,(H,35,40)(H,36,41)/t20-/m1/s1. The molecule has 7 nitrogen and oxygen atoms in total. The minimum absolute atomic E-state index is 0.192. The number of amides is 2. The lowest BCUT2D eigenvalue weighted by Crippen LogP contribution is -2.42. The van der Waals surface area contributed by atoms with Crippen LogP contribution in [-0.4, -0.2) is 38.7 Å². The van der Waals surface area contributed by atoms with E-state index in [1.165, 1.54) is 16.1 Å². The molecule has 0 unspecified atom stereocenters. The normalized spacial score (nSPS) is 14.0. The van der Waals surface area contributed by atoms with E-state index < -0.39 is 29.5 Å². The van der Waals surface area contributed by atoms with Gasteiger partial charge in [0.1, 0.15) is 17.7 Å². The summed E-state index contributed by atoms with van der Waals surface area (Å²) in [5.41, 5.74) is 5.15. The Bertz CT molecular complexity index is 1730. The third-order valence-corrected chi connectivity index (χ3v) is 8.44. The highest BCUT2D eigenvalue weighted by Gasteiger charge is 2.23. The fourth-order valence-electron chi connectivity index (χ4n) is 5.19. The number of hydrogen-bond acceptors (Lipinski definition) is 5. The van der Waals surface area contributed by atoms with Crippen molar-refractivity contribution < 1.29 is 18.4 Å². The second kappa shape index (κ2) is 11.8. The molecular weight excluding hydrogens is 556 g/mol. The summed E-state index contributed by atoms with van der Waals surface area (Å²) in [6, 6.07) is 20.0. The second-order valence-corrected chi connectivity index (χ2v) is 11.6. The first-order valence-electron chi connectivity index (χ1n) is 13.7. The first-order valence-corrected chi connectivity index (χ1v) is 14.5. The highest BCUT2D eigenvalue weighted by molar-refractivity contribution is 7.17. The van der Waals surface area contributed by atoms with E-state index in [0.717, 1.165) is 60.5 Å². The summed E-state index contributed by atoms with van der Waals surface area (Å²) in [6.45, 7) is 4.37. The van der Waals surface area contributed by atoms with E-state index in [9.17, 15) is 18.4 Å². The molecule has 0 aliphatic carbocycles. The van der Waals surface area contributed by atoms with Gasteiger partial charge in [0.15, 0.2) is 4.96 Å². The molecule has 0 saturated heterocycles. The van der Waals surface area contributed by atoms with Crippen LogP contribution in [0, 0.1) is 11.6 Å². The van der Waals surface area contributed by atoms with Crippen LogP contribution >= 0.6 is 11.3 Å². The summed E-state index contributed by atoms with van der Waals surface area (Å²) in [4.78, 5) is 34.7. The van der Waals surface area contributed by atoms with Gasteiger partial charge in [-0.15, -0.1) is 11.3 Å². The van der Waals surface area contributed by atoms with Crippen molar-refractivity contribution in [1.82, 2.24) is 19.6 Å². The molecule has 42 heavy (non-hydrogen) atoms. The van der Waals surface area contributed by atoms with Gasteiger partial charge in [0, 0.05) is 48.0 Å². The molecule has 2 amide bonds. The van der Waals surface area contributed by atoms with Gasteiger partial charge in [-0.05, 0) is 48.7 Å². The molecular formula is C32H29F2N5O2S. The van der Waals surface area contributed by atoms with E-state index in [1.807, 2.05) is 18.2 Å². The van der Waals surface area contributed by atoms with Gasteiger partial charge < -0.3 is 10.6 Å². The Morgan fingerprint density at radius 1 is 1.00 bits per heavy atom. The predicted octanol–water partition coefficient (Wildman–Crippen LogP) is 5.59. The Balaban J connectivity index is 1.07. The molecule has 1 aliphatic heterocycles. The molecule has 0 saturated carbocycles. The van der Waals surface area contributed by atoms with Crippen molar-refractivity contribution in [2.75, 3.05) is 11.9 Å². The molecule has 10 heteroatoms. The summed E-state index contributed by atoms with van der Waals surface area (Å²) in [6.07, 6.45) is 2.85. The van der Waals surface area contributed by atoms with Crippen LogP contribution in [0.3, 0.4) is 0 Å². The maximum absolute atomic E-state index is 13.4. The van der Waals surface area contributed by atoms with Crippen LogP contribution in [0.5, 0.6) is 0 Å². The second-order valence-electron chi connectivity index (χ2n) is 10.5. The van der Waals surface area contributed by atoms with Crippen LogP contribution in [0.4, 0.5) is 14.5 Å². The molecule has 2 aromatic heterocycles. The summed E-state index contributed by atoms with van der Waals surface area (Å²) in [7, 11) is 0. The number of nitrogens with one attached hydrogen (secondary N) is 2. The van der Waals surface area contributed by atoms with Gasteiger partial charge in [0.05, 0.1) is 17.8 Å². The molecule has 3 aromatic carbocycles. The van der Waals surface area contributed by atoms with Gasteiger partial charge in [-0.1, -0.05) is 42.5 Å². The zero-order valence-electron chi connectivity index (χ0n) is 22.9. The smallest absolute Gasteiger partial charge is 0.246 e. The van der Waals surface area contributed by atoms with Crippen molar-refractivity contribution in [2.24, 2.45) is 0 Å². The number of anilines is 1. The number of benzene rings is 3. The average Bonchev–Trinajstić information content (AvgIpc) is 3.52.